The molecule has 1 aromatic carbocycles. The second-order valence-electron chi connectivity index (χ2n) is 9.60. The Balaban J connectivity index is 1.38. The lowest BCUT2D eigenvalue weighted by atomic mass is 10.0. The molecule has 0 spiro atoms. The number of guanidine groups is 1. The molecule has 2 aliphatic heterocycles. The molecule has 2 atom stereocenters. The van der Waals surface area contributed by atoms with Crippen LogP contribution in [0.5, 0.6) is 0 Å². The van der Waals surface area contributed by atoms with Crippen molar-refractivity contribution in [2.24, 2.45) is 10.9 Å². The van der Waals surface area contributed by atoms with E-state index in [1.165, 1.54) is 5.56 Å². The van der Waals surface area contributed by atoms with Gasteiger partial charge in [0, 0.05) is 72.0 Å². The maximum Gasteiger partial charge on any atom is 0.191 e. The summed E-state index contributed by atoms with van der Waals surface area (Å²) in [6, 6.07) is 11.4. The Morgan fingerprint density at radius 2 is 1.94 bits per heavy atom. The molecule has 2 heterocycles. The summed E-state index contributed by atoms with van der Waals surface area (Å²) in [6.45, 7) is 14.7. The fourth-order valence-electron chi connectivity index (χ4n) is 4.72. The van der Waals surface area contributed by atoms with Gasteiger partial charge in [-0.15, -0.1) is 0 Å². The van der Waals surface area contributed by atoms with Crippen LogP contribution in [0.4, 0.5) is 0 Å². The van der Waals surface area contributed by atoms with Gasteiger partial charge in [0.1, 0.15) is 0 Å². The van der Waals surface area contributed by atoms with Crippen LogP contribution in [0, 0.1) is 5.92 Å². The number of ether oxygens (including phenoxy) is 1. The first-order chi connectivity index (χ1) is 15.5. The fraction of sp³-hybridized carbons (Fsp3) is 0.720. The van der Waals surface area contributed by atoms with Gasteiger partial charge in [-0.1, -0.05) is 44.2 Å². The second kappa shape index (κ2) is 13.1. The van der Waals surface area contributed by atoms with Crippen LogP contribution in [0.25, 0.3) is 0 Å². The van der Waals surface area contributed by atoms with E-state index in [0.29, 0.717) is 12.0 Å². The molecule has 0 amide bonds. The van der Waals surface area contributed by atoms with Gasteiger partial charge in [-0.3, -0.25) is 14.8 Å². The van der Waals surface area contributed by atoms with E-state index in [1.807, 2.05) is 7.05 Å². The van der Waals surface area contributed by atoms with Crippen LogP contribution in [0.15, 0.2) is 35.3 Å². The van der Waals surface area contributed by atoms with E-state index < -0.39 is 0 Å². The molecule has 2 aliphatic rings. The van der Waals surface area contributed by atoms with Crippen molar-refractivity contribution in [3.8, 4) is 0 Å². The predicted molar refractivity (Wildman–Crippen MR) is 133 cm³/mol. The molecule has 180 valence electrons. The first-order valence-corrected chi connectivity index (χ1v) is 12.3. The quantitative estimate of drug-likeness (QED) is 0.345. The SMILES string of the molecule is CN=C(NCCCN1CCN(C)CC1c1ccccc1)NCC1CN(CC(C)C)CCO1. The van der Waals surface area contributed by atoms with Gasteiger partial charge in [0.05, 0.1) is 12.7 Å². The number of piperazine rings is 1. The average Bonchev–Trinajstić information content (AvgIpc) is 2.80. The van der Waals surface area contributed by atoms with E-state index >= 15 is 0 Å². The van der Waals surface area contributed by atoms with E-state index in [9.17, 15) is 0 Å². The van der Waals surface area contributed by atoms with Crippen LogP contribution < -0.4 is 10.6 Å². The smallest absolute Gasteiger partial charge is 0.191 e. The summed E-state index contributed by atoms with van der Waals surface area (Å²) in [6.07, 6.45) is 1.31. The molecule has 2 N–H and O–H groups in total. The summed E-state index contributed by atoms with van der Waals surface area (Å²) in [5.74, 6) is 1.56. The number of nitrogens with zero attached hydrogens (tertiary/aromatic N) is 4. The molecular weight excluding hydrogens is 400 g/mol. The Bertz CT molecular complexity index is 682. The Hall–Kier alpha value is -1.67. The van der Waals surface area contributed by atoms with Crippen molar-refractivity contribution >= 4 is 5.96 Å². The van der Waals surface area contributed by atoms with Crippen molar-refractivity contribution in [2.45, 2.75) is 32.4 Å². The number of hydrogen-bond acceptors (Lipinski definition) is 5. The molecule has 0 saturated carbocycles. The zero-order valence-corrected chi connectivity index (χ0v) is 20.6. The lowest BCUT2D eigenvalue weighted by Crippen LogP contribution is -2.50. The highest BCUT2D eigenvalue weighted by Crippen LogP contribution is 2.24. The standard InChI is InChI=1S/C25H44N6O/c1-21(2)18-30-15-16-32-23(19-30)17-28-25(26-3)27-11-8-12-31-14-13-29(4)20-24(31)22-9-6-5-7-10-22/h5-7,9-10,21,23-24H,8,11-20H2,1-4H3,(H2,26,27,28). The Morgan fingerprint density at radius 3 is 2.69 bits per heavy atom. The van der Waals surface area contributed by atoms with Crippen molar-refractivity contribution < 1.29 is 4.74 Å². The summed E-state index contributed by atoms with van der Waals surface area (Å²) >= 11 is 0. The van der Waals surface area contributed by atoms with Gasteiger partial charge in [0.2, 0.25) is 0 Å². The number of hydrogen-bond donors (Lipinski definition) is 2. The van der Waals surface area contributed by atoms with Crippen LogP contribution in [0.3, 0.4) is 0 Å². The molecule has 7 nitrogen and oxygen atoms in total. The van der Waals surface area contributed by atoms with Crippen molar-refractivity contribution in [1.82, 2.24) is 25.3 Å². The fourth-order valence-corrected chi connectivity index (χ4v) is 4.72. The monoisotopic (exact) mass is 444 g/mol. The zero-order valence-electron chi connectivity index (χ0n) is 20.6. The molecule has 2 unspecified atom stereocenters. The molecule has 0 aliphatic carbocycles. The number of aliphatic imine (C=N–C) groups is 1. The number of benzene rings is 1. The first kappa shape index (κ1) is 25.0. The topological polar surface area (TPSA) is 55.4 Å². The highest BCUT2D eigenvalue weighted by atomic mass is 16.5. The summed E-state index contributed by atoms with van der Waals surface area (Å²) in [7, 11) is 4.07. The molecule has 0 radical (unpaired) electrons. The predicted octanol–water partition coefficient (Wildman–Crippen LogP) is 1.89. The number of rotatable bonds is 9. The van der Waals surface area contributed by atoms with Crippen LogP contribution >= 0.6 is 0 Å². The molecule has 0 bridgehead atoms. The van der Waals surface area contributed by atoms with Gasteiger partial charge < -0.3 is 20.3 Å². The maximum absolute atomic E-state index is 5.95. The minimum absolute atomic E-state index is 0.220. The van der Waals surface area contributed by atoms with Gasteiger partial charge in [-0.25, -0.2) is 0 Å². The molecule has 2 saturated heterocycles. The number of likely N-dealkylation sites (N-methyl/N-ethyl adjacent to an activating group) is 1. The lowest BCUT2D eigenvalue weighted by Gasteiger charge is -2.40. The molecule has 2 fully saturated rings. The van der Waals surface area contributed by atoms with Gasteiger partial charge in [0.25, 0.3) is 0 Å². The van der Waals surface area contributed by atoms with E-state index in [4.69, 9.17) is 4.74 Å². The van der Waals surface area contributed by atoms with Crippen molar-refractivity contribution in [3.63, 3.8) is 0 Å². The van der Waals surface area contributed by atoms with E-state index in [0.717, 1.165) is 77.9 Å². The van der Waals surface area contributed by atoms with Crippen LogP contribution in [0.1, 0.15) is 31.9 Å². The number of nitrogens with one attached hydrogen (secondary N) is 2. The highest BCUT2D eigenvalue weighted by Gasteiger charge is 2.26. The van der Waals surface area contributed by atoms with Crippen LogP contribution in [-0.2, 0) is 4.74 Å². The summed E-state index contributed by atoms with van der Waals surface area (Å²) in [5.41, 5.74) is 1.42. The average molecular weight is 445 g/mol. The highest BCUT2D eigenvalue weighted by molar-refractivity contribution is 5.79. The van der Waals surface area contributed by atoms with E-state index in [-0.39, 0.29) is 6.10 Å². The molecule has 0 aromatic heterocycles. The van der Waals surface area contributed by atoms with Gasteiger partial charge in [0.15, 0.2) is 5.96 Å². The lowest BCUT2D eigenvalue weighted by molar-refractivity contribution is -0.0284. The summed E-state index contributed by atoms with van der Waals surface area (Å²) in [4.78, 5) is 12.0. The maximum atomic E-state index is 5.95. The van der Waals surface area contributed by atoms with Crippen molar-refractivity contribution in [2.75, 3.05) is 79.6 Å². The largest absolute Gasteiger partial charge is 0.374 e. The van der Waals surface area contributed by atoms with Gasteiger partial charge in [-0.05, 0) is 24.9 Å². The van der Waals surface area contributed by atoms with Crippen LogP contribution in [-0.4, -0.2) is 106 Å². The second-order valence-corrected chi connectivity index (χ2v) is 9.60. The molecule has 32 heavy (non-hydrogen) atoms. The van der Waals surface area contributed by atoms with Gasteiger partial charge in [-0.2, -0.15) is 0 Å². The Kier molecular flexibility index (Phi) is 10.2. The number of morpholine rings is 1. The first-order valence-electron chi connectivity index (χ1n) is 12.3. The third-order valence-electron chi connectivity index (χ3n) is 6.36. The van der Waals surface area contributed by atoms with Crippen molar-refractivity contribution in [3.05, 3.63) is 35.9 Å². The third kappa shape index (κ3) is 8.03. The third-order valence-corrected chi connectivity index (χ3v) is 6.36. The Morgan fingerprint density at radius 1 is 1.12 bits per heavy atom. The Labute approximate surface area is 195 Å². The van der Waals surface area contributed by atoms with Gasteiger partial charge >= 0.3 is 0 Å². The molecule has 1 aromatic rings. The van der Waals surface area contributed by atoms with Crippen molar-refractivity contribution in [1.29, 1.82) is 0 Å². The molecule has 3 rings (SSSR count). The molecular formula is C25H44N6O. The van der Waals surface area contributed by atoms with E-state index in [2.05, 4.69) is 81.6 Å². The summed E-state index contributed by atoms with van der Waals surface area (Å²) < 4.78 is 5.95. The summed E-state index contributed by atoms with van der Waals surface area (Å²) in [5, 5.41) is 6.95. The van der Waals surface area contributed by atoms with Crippen LogP contribution in [0.2, 0.25) is 0 Å². The van der Waals surface area contributed by atoms with E-state index in [1.54, 1.807) is 0 Å². The normalized spacial score (nSPS) is 24.1. The molecule has 7 heteroatoms. The minimum atomic E-state index is 0.220. The zero-order chi connectivity index (χ0) is 22.8. The minimum Gasteiger partial charge on any atom is -0.374 e.